The van der Waals surface area contributed by atoms with Crippen molar-refractivity contribution >= 4 is 17.0 Å². The number of hydrogen-bond donors (Lipinski definition) is 0. The number of aryl methyl sites for hydroxylation is 1. The van der Waals surface area contributed by atoms with Gasteiger partial charge in [0.1, 0.15) is 10.8 Å². The highest BCUT2D eigenvalue weighted by atomic mass is 32.1. The molecule has 1 fully saturated rings. The molecule has 1 heterocycles. The number of methoxy groups -OCH3 is 1. The number of rotatable bonds is 3. The summed E-state index contributed by atoms with van der Waals surface area (Å²) in [6, 6.07) is 7.81. The average molecular weight is 303 g/mol. The molecule has 0 aliphatic heterocycles. The lowest BCUT2D eigenvalue weighted by Crippen LogP contribution is -2.11. The first kappa shape index (κ1) is 14.3. The summed E-state index contributed by atoms with van der Waals surface area (Å²) in [7, 11) is 3.65. The van der Waals surface area contributed by atoms with Crippen LogP contribution in [0.2, 0.25) is 0 Å². The summed E-state index contributed by atoms with van der Waals surface area (Å²) in [5, 5.41) is 5.92. The number of aromatic nitrogens is 2. The summed E-state index contributed by atoms with van der Waals surface area (Å²) >= 11 is 1.72. The molecule has 0 atom stereocenters. The van der Waals surface area contributed by atoms with E-state index in [-0.39, 0.29) is 0 Å². The fraction of sp³-hybridized carbons (Fsp3) is 0.500. The van der Waals surface area contributed by atoms with Crippen molar-refractivity contribution in [2.75, 3.05) is 7.11 Å². The van der Waals surface area contributed by atoms with E-state index in [1.807, 2.05) is 36.0 Å². The van der Waals surface area contributed by atoms with Gasteiger partial charge in [-0.1, -0.05) is 30.6 Å². The Morgan fingerprint density at radius 1 is 1.19 bits per heavy atom. The minimum absolute atomic E-state index is 0.634. The molecular formula is C16H21N3OS. The number of hydrogen-bond acceptors (Lipinski definition) is 4. The van der Waals surface area contributed by atoms with Crippen molar-refractivity contribution in [3.8, 4) is 5.75 Å². The van der Waals surface area contributed by atoms with Crippen molar-refractivity contribution in [3.05, 3.63) is 34.1 Å². The van der Waals surface area contributed by atoms with Crippen LogP contribution in [0.5, 0.6) is 5.75 Å². The average Bonchev–Trinajstić information content (AvgIpc) is 2.90. The Morgan fingerprint density at radius 3 is 2.57 bits per heavy atom. The molecule has 1 aliphatic carbocycles. The van der Waals surface area contributed by atoms with Gasteiger partial charge in [0, 0.05) is 13.0 Å². The Hall–Kier alpha value is -1.62. The largest absolute Gasteiger partial charge is 0.497 e. The molecule has 4 nitrogen and oxygen atoms in total. The lowest BCUT2D eigenvalue weighted by atomic mass is 9.90. The topological polar surface area (TPSA) is 39.4 Å². The van der Waals surface area contributed by atoms with Crippen molar-refractivity contribution in [1.29, 1.82) is 0 Å². The first-order chi connectivity index (χ1) is 10.3. The SMILES string of the molecule is COc1ccc(N=c2sc(C3CCCCC3)nn2C)cc1. The Labute approximate surface area is 129 Å². The molecule has 5 heteroatoms. The van der Waals surface area contributed by atoms with Gasteiger partial charge in [-0.2, -0.15) is 5.10 Å². The molecular weight excluding hydrogens is 282 g/mol. The van der Waals surface area contributed by atoms with Crippen LogP contribution < -0.4 is 9.54 Å². The van der Waals surface area contributed by atoms with Crippen LogP contribution >= 0.6 is 11.3 Å². The van der Waals surface area contributed by atoms with Gasteiger partial charge < -0.3 is 4.74 Å². The molecule has 1 saturated carbocycles. The van der Waals surface area contributed by atoms with Crippen LogP contribution in [0.3, 0.4) is 0 Å². The van der Waals surface area contributed by atoms with Gasteiger partial charge in [0.15, 0.2) is 0 Å². The zero-order valence-corrected chi connectivity index (χ0v) is 13.4. The lowest BCUT2D eigenvalue weighted by Gasteiger charge is -2.18. The Kier molecular flexibility index (Phi) is 4.39. The minimum Gasteiger partial charge on any atom is -0.497 e. The van der Waals surface area contributed by atoms with E-state index in [1.54, 1.807) is 18.4 Å². The fourth-order valence-corrected chi connectivity index (χ4v) is 3.82. The molecule has 112 valence electrons. The molecule has 3 rings (SSSR count). The molecule has 0 spiro atoms. The highest BCUT2D eigenvalue weighted by Crippen LogP contribution is 2.32. The highest BCUT2D eigenvalue weighted by molar-refractivity contribution is 7.08. The van der Waals surface area contributed by atoms with E-state index < -0.39 is 0 Å². The summed E-state index contributed by atoms with van der Waals surface area (Å²) in [6.07, 6.45) is 6.58. The summed E-state index contributed by atoms with van der Waals surface area (Å²) in [6.45, 7) is 0. The molecule has 1 aromatic carbocycles. The van der Waals surface area contributed by atoms with Crippen molar-refractivity contribution in [3.63, 3.8) is 0 Å². The molecule has 0 N–H and O–H groups in total. The molecule has 0 unspecified atom stereocenters. The maximum atomic E-state index is 5.17. The fourth-order valence-electron chi connectivity index (χ4n) is 2.75. The summed E-state index contributed by atoms with van der Waals surface area (Å²) < 4.78 is 7.07. The number of ether oxygens (including phenoxy) is 1. The van der Waals surface area contributed by atoms with Crippen LogP contribution in [-0.4, -0.2) is 16.9 Å². The standard InChI is InChI=1S/C16H21N3OS/c1-19-16(17-13-8-10-14(20-2)11-9-13)21-15(18-19)12-6-4-3-5-7-12/h8-12H,3-7H2,1-2H3. The van der Waals surface area contributed by atoms with E-state index in [0.717, 1.165) is 16.2 Å². The van der Waals surface area contributed by atoms with Crippen molar-refractivity contribution in [1.82, 2.24) is 9.78 Å². The van der Waals surface area contributed by atoms with E-state index >= 15 is 0 Å². The normalized spacial score (nSPS) is 17.1. The van der Waals surface area contributed by atoms with E-state index in [1.165, 1.54) is 37.1 Å². The van der Waals surface area contributed by atoms with Gasteiger partial charge >= 0.3 is 0 Å². The summed E-state index contributed by atoms with van der Waals surface area (Å²) in [5.41, 5.74) is 0.935. The Bertz CT molecular complexity index is 651. The first-order valence-corrected chi connectivity index (χ1v) is 8.31. The van der Waals surface area contributed by atoms with Gasteiger partial charge in [-0.3, -0.25) is 0 Å². The first-order valence-electron chi connectivity index (χ1n) is 7.49. The third kappa shape index (κ3) is 3.35. The van der Waals surface area contributed by atoms with Crippen LogP contribution in [0.4, 0.5) is 5.69 Å². The molecule has 1 aliphatic rings. The van der Waals surface area contributed by atoms with E-state index in [2.05, 4.69) is 5.10 Å². The van der Waals surface area contributed by atoms with Crippen LogP contribution in [0.15, 0.2) is 29.3 Å². The van der Waals surface area contributed by atoms with Crippen LogP contribution in [0.1, 0.15) is 43.0 Å². The second-order valence-corrected chi connectivity index (χ2v) is 6.48. The van der Waals surface area contributed by atoms with Gasteiger partial charge in [0.2, 0.25) is 4.80 Å². The van der Waals surface area contributed by atoms with Crippen LogP contribution in [-0.2, 0) is 7.05 Å². The summed E-state index contributed by atoms with van der Waals surface area (Å²) in [5.74, 6) is 1.49. The zero-order chi connectivity index (χ0) is 14.7. The van der Waals surface area contributed by atoms with Gasteiger partial charge in [-0.25, -0.2) is 9.67 Å². The maximum absolute atomic E-state index is 5.17. The van der Waals surface area contributed by atoms with Gasteiger partial charge in [0.05, 0.1) is 12.8 Å². The van der Waals surface area contributed by atoms with Gasteiger partial charge in [0.25, 0.3) is 0 Å². The van der Waals surface area contributed by atoms with Crippen LogP contribution in [0.25, 0.3) is 0 Å². The predicted octanol–water partition coefficient (Wildman–Crippen LogP) is 3.77. The monoisotopic (exact) mass is 303 g/mol. The third-order valence-electron chi connectivity index (χ3n) is 3.97. The number of nitrogens with zero attached hydrogens (tertiary/aromatic N) is 3. The minimum atomic E-state index is 0.634. The Morgan fingerprint density at radius 2 is 1.90 bits per heavy atom. The summed E-state index contributed by atoms with van der Waals surface area (Å²) in [4.78, 5) is 5.65. The quantitative estimate of drug-likeness (QED) is 0.866. The molecule has 1 aromatic heterocycles. The molecule has 2 aromatic rings. The smallest absolute Gasteiger partial charge is 0.207 e. The molecule has 21 heavy (non-hydrogen) atoms. The molecule has 0 saturated heterocycles. The Balaban J connectivity index is 1.87. The lowest BCUT2D eigenvalue weighted by molar-refractivity contribution is 0.415. The predicted molar refractivity (Wildman–Crippen MR) is 85.1 cm³/mol. The molecule has 0 amide bonds. The van der Waals surface area contributed by atoms with E-state index in [4.69, 9.17) is 9.73 Å². The van der Waals surface area contributed by atoms with Crippen LogP contribution in [0, 0.1) is 0 Å². The number of benzene rings is 1. The second kappa shape index (κ2) is 6.43. The second-order valence-electron chi connectivity index (χ2n) is 5.49. The highest BCUT2D eigenvalue weighted by Gasteiger charge is 2.19. The van der Waals surface area contributed by atoms with E-state index in [9.17, 15) is 0 Å². The van der Waals surface area contributed by atoms with E-state index in [0.29, 0.717) is 5.92 Å². The van der Waals surface area contributed by atoms with Crippen molar-refractivity contribution in [2.45, 2.75) is 38.0 Å². The maximum Gasteiger partial charge on any atom is 0.207 e. The zero-order valence-electron chi connectivity index (χ0n) is 12.6. The third-order valence-corrected chi connectivity index (χ3v) is 5.14. The van der Waals surface area contributed by atoms with Gasteiger partial charge in [-0.05, 0) is 37.1 Å². The van der Waals surface area contributed by atoms with Crippen molar-refractivity contribution in [2.24, 2.45) is 12.0 Å². The van der Waals surface area contributed by atoms with Gasteiger partial charge in [-0.15, -0.1) is 0 Å². The molecule has 0 bridgehead atoms. The van der Waals surface area contributed by atoms with Crippen molar-refractivity contribution < 1.29 is 4.74 Å². The molecule has 0 radical (unpaired) electrons.